The van der Waals surface area contributed by atoms with Gasteiger partial charge in [0.2, 0.25) is 0 Å². The molecule has 172 valence electrons. The second-order valence-corrected chi connectivity index (χ2v) is 10.3. The van der Waals surface area contributed by atoms with Crippen molar-refractivity contribution in [1.29, 1.82) is 0 Å². The van der Waals surface area contributed by atoms with Gasteiger partial charge >= 0.3 is 0 Å². The summed E-state index contributed by atoms with van der Waals surface area (Å²) < 4.78 is 15.3. The zero-order valence-corrected chi connectivity index (χ0v) is 20.9. The van der Waals surface area contributed by atoms with Crippen LogP contribution in [0.1, 0.15) is 56.9 Å². The van der Waals surface area contributed by atoms with Crippen LogP contribution < -0.4 is 0 Å². The van der Waals surface area contributed by atoms with E-state index in [0.717, 1.165) is 30.6 Å². The third kappa shape index (κ3) is 4.59. The highest BCUT2D eigenvalue weighted by Crippen LogP contribution is 2.55. The van der Waals surface area contributed by atoms with Crippen LogP contribution in [0.4, 0.5) is 4.39 Å². The summed E-state index contributed by atoms with van der Waals surface area (Å²) in [4.78, 5) is 2.55. The lowest BCUT2D eigenvalue weighted by Crippen LogP contribution is -2.29. The molecule has 1 fully saturated rings. The Bertz CT molecular complexity index is 1170. The lowest BCUT2D eigenvalue weighted by Gasteiger charge is -2.36. The van der Waals surface area contributed by atoms with Crippen LogP contribution in [0.5, 0.6) is 0 Å². The maximum Gasteiger partial charge on any atom is 0.123 e. The van der Waals surface area contributed by atoms with Gasteiger partial charge in [0.05, 0.1) is 17.6 Å². The first-order valence-electron chi connectivity index (χ1n) is 11.9. The van der Waals surface area contributed by atoms with Crippen LogP contribution in [0.2, 0.25) is 0 Å². The first-order chi connectivity index (χ1) is 15.9. The number of halogens is 1. The molecule has 2 nitrogen and oxygen atoms in total. The maximum absolute atomic E-state index is 13.4. The number of nitrogens with zero attached hydrogens (tertiary/aromatic N) is 2. The summed E-state index contributed by atoms with van der Waals surface area (Å²) >= 11 is 1.82. The summed E-state index contributed by atoms with van der Waals surface area (Å²) in [6.07, 6.45) is 8.69. The Labute approximate surface area is 201 Å². The normalized spacial score (nSPS) is 20.9. The van der Waals surface area contributed by atoms with Crippen LogP contribution in [-0.4, -0.2) is 9.78 Å². The molecule has 0 N–H and O–H groups in total. The van der Waals surface area contributed by atoms with Crippen molar-refractivity contribution in [2.75, 3.05) is 0 Å². The average molecular weight is 461 g/mol. The number of fused-ring (bicyclic) bond motifs is 2. The zero-order valence-electron chi connectivity index (χ0n) is 20.1. The van der Waals surface area contributed by atoms with Gasteiger partial charge in [-0.25, -0.2) is 9.07 Å². The van der Waals surface area contributed by atoms with Gasteiger partial charge in [0.25, 0.3) is 0 Å². The third-order valence-electron chi connectivity index (χ3n) is 7.04. The average Bonchev–Trinajstić information content (AvgIpc) is 3.35. The number of hydrogen-bond acceptors (Lipinski definition) is 2. The number of aryl methyl sites for hydroxylation is 1. The monoisotopic (exact) mass is 460 g/mol. The molecule has 1 heterocycles. The number of thioether (sulfide) groups is 1. The van der Waals surface area contributed by atoms with Crippen LogP contribution in [-0.2, 0) is 6.42 Å². The quantitative estimate of drug-likeness (QED) is 0.356. The molecule has 5 rings (SSSR count). The standard InChI is InChI=1S/C27H27FN2S.C2H6/c1-18-6-4-5-7-26(18)31-19(2)14-21-8-9-22-15-25-20(16-27(21,22)3)17-29-30(25)24-12-10-23(28)11-13-24;1-2/h4-7,10-13,15,17,21H,2,8-9,14,16H2,1,3H3;1-2H3. The second kappa shape index (κ2) is 9.72. The van der Waals surface area contributed by atoms with E-state index in [1.54, 1.807) is 12.1 Å². The van der Waals surface area contributed by atoms with Crippen molar-refractivity contribution in [1.82, 2.24) is 9.78 Å². The summed E-state index contributed by atoms with van der Waals surface area (Å²) in [6.45, 7) is 13.0. The summed E-state index contributed by atoms with van der Waals surface area (Å²) in [5.41, 5.74) is 6.30. The van der Waals surface area contributed by atoms with Crippen molar-refractivity contribution < 1.29 is 4.39 Å². The Balaban J connectivity index is 0.00000126. The summed E-state index contributed by atoms with van der Waals surface area (Å²) in [5, 5.41) is 4.64. The highest BCUT2D eigenvalue weighted by Gasteiger charge is 2.45. The molecule has 2 aliphatic rings. The Hall–Kier alpha value is -2.59. The lowest BCUT2D eigenvalue weighted by atomic mass is 9.69. The molecule has 0 radical (unpaired) electrons. The molecule has 0 saturated heterocycles. The van der Waals surface area contributed by atoms with Gasteiger partial charge in [0, 0.05) is 4.90 Å². The van der Waals surface area contributed by atoms with Gasteiger partial charge < -0.3 is 0 Å². The second-order valence-electron chi connectivity index (χ2n) is 9.05. The predicted molar refractivity (Wildman–Crippen MR) is 138 cm³/mol. The smallest absolute Gasteiger partial charge is 0.123 e. The van der Waals surface area contributed by atoms with Gasteiger partial charge in [-0.15, -0.1) is 0 Å². The van der Waals surface area contributed by atoms with E-state index in [4.69, 9.17) is 0 Å². The molecule has 2 aromatic carbocycles. The molecule has 3 aromatic rings. The molecular weight excluding hydrogens is 427 g/mol. The van der Waals surface area contributed by atoms with E-state index in [0.29, 0.717) is 5.92 Å². The zero-order chi connectivity index (χ0) is 23.6. The first kappa shape index (κ1) is 23.6. The molecule has 0 bridgehead atoms. The molecule has 0 spiro atoms. The van der Waals surface area contributed by atoms with Gasteiger partial charge in [0.15, 0.2) is 0 Å². The van der Waals surface area contributed by atoms with E-state index < -0.39 is 0 Å². The van der Waals surface area contributed by atoms with E-state index >= 15 is 0 Å². The van der Waals surface area contributed by atoms with Crippen molar-refractivity contribution in [3.63, 3.8) is 0 Å². The number of hydrogen-bond donors (Lipinski definition) is 0. The van der Waals surface area contributed by atoms with E-state index in [-0.39, 0.29) is 11.2 Å². The van der Waals surface area contributed by atoms with E-state index in [1.807, 2.05) is 36.5 Å². The molecule has 2 atom stereocenters. The highest BCUT2D eigenvalue weighted by atomic mass is 32.2. The number of aromatic nitrogens is 2. The SMILES string of the molecule is C=C(CC1CCC2=Cc3c(cnn3-c3ccc(F)cc3)CC21C)Sc1ccccc1C.CC. The fourth-order valence-electron chi connectivity index (χ4n) is 5.19. The van der Waals surface area contributed by atoms with Gasteiger partial charge in [-0.05, 0) is 96.4 Å². The summed E-state index contributed by atoms with van der Waals surface area (Å²) in [7, 11) is 0. The van der Waals surface area contributed by atoms with Crippen molar-refractivity contribution in [3.8, 4) is 5.69 Å². The molecule has 1 saturated carbocycles. The Morgan fingerprint density at radius 3 is 2.64 bits per heavy atom. The Kier molecular flexibility index (Phi) is 6.94. The van der Waals surface area contributed by atoms with Crippen LogP contribution in [0.25, 0.3) is 11.8 Å². The minimum absolute atomic E-state index is 0.152. The Morgan fingerprint density at radius 1 is 1.18 bits per heavy atom. The van der Waals surface area contributed by atoms with Crippen LogP contribution in [0, 0.1) is 24.1 Å². The predicted octanol–water partition coefficient (Wildman–Crippen LogP) is 8.40. The van der Waals surface area contributed by atoms with Crippen molar-refractivity contribution in [2.45, 2.75) is 58.3 Å². The summed E-state index contributed by atoms with van der Waals surface area (Å²) in [5.74, 6) is 0.364. The van der Waals surface area contributed by atoms with E-state index in [1.165, 1.54) is 45.1 Å². The molecule has 1 aromatic heterocycles. The lowest BCUT2D eigenvalue weighted by molar-refractivity contribution is 0.272. The van der Waals surface area contributed by atoms with Gasteiger partial charge in [-0.1, -0.05) is 62.9 Å². The van der Waals surface area contributed by atoms with Crippen LogP contribution in [0.3, 0.4) is 0 Å². The fraction of sp³-hybridized carbons (Fsp3) is 0.345. The minimum Gasteiger partial charge on any atom is -0.233 e. The van der Waals surface area contributed by atoms with Crippen LogP contribution >= 0.6 is 11.8 Å². The molecule has 2 aliphatic carbocycles. The minimum atomic E-state index is -0.224. The molecule has 0 amide bonds. The van der Waals surface area contributed by atoms with Gasteiger partial charge in [-0.3, -0.25) is 0 Å². The van der Waals surface area contributed by atoms with Gasteiger partial charge in [-0.2, -0.15) is 5.10 Å². The third-order valence-corrected chi connectivity index (χ3v) is 8.18. The maximum atomic E-state index is 13.4. The topological polar surface area (TPSA) is 17.8 Å². The van der Waals surface area contributed by atoms with Crippen LogP contribution in [0.15, 0.2) is 76.7 Å². The largest absolute Gasteiger partial charge is 0.233 e. The van der Waals surface area contributed by atoms with Crippen molar-refractivity contribution >= 4 is 17.8 Å². The molecular formula is C29H33FN2S. The first-order valence-corrected chi connectivity index (χ1v) is 12.7. The molecule has 4 heteroatoms. The number of benzene rings is 2. The van der Waals surface area contributed by atoms with Crippen molar-refractivity contribution in [2.24, 2.45) is 11.3 Å². The number of rotatable bonds is 5. The Morgan fingerprint density at radius 2 is 1.91 bits per heavy atom. The van der Waals surface area contributed by atoms with Gasteiger partial charge in [0.1, 0.15) is 5.82 Å². The summed E-state index contributed by atoms with van der Waals surface area (Å²) in [6, 6.07) is 15.1. The highest BCUT2D eigenvalue weighted by molar-refractivity contribution is 8.03. The molecule has 2 unspecified atom stereocenters. The fourth-order valence-corrected chi connectivity index (χ4v) is 6.16. The molecule has 0 aliphatic heterocycles. The van der Waals surface area contributed by atoms with Crippen molar-refractivity contribution in [3.05, 3.63) is 94.4 Å². The number of allylic oxidation sites excluding steroid dienone is 2. The van der Waals surface area contributed by atoms with E-state index in [9.17, 15) is 4.39 Å². The van der Waals surface area contributed by atoms with E-state index in [2.05, 4.69) is 55.9 Å². The molecule has 33 heavy (non-hydrogen) atoms.